The van der Waals surface area contributed by atoms with Gasteiger partial charge in [0.05, 0.1) is 35.1 Å². The number of anilines is 1. The molecule has 2 amide bonds. The molecule has 0 bridgehead atoms. The van der Waals surface area contributed by atoms with Crippen molar-refractivity contribution in [1.82, 2.24) is 5.32 Å². The lowest BCUT2D eigenvalue weighted by molar-refractivity contribution is -0.121. The third-order valence-electron chi connectivity index (χ3n) is 4.57. The maximum absolute atomic E-state index is 12.3. The van der Waals surface area contributed by atoms with Crippen LogP contribution < -0.4 is 10.6 Å². The fraction of sp³-hybridized carbons (Fsp3) is 0.182. The summed E-state index contributed by atoms with van der Waals surface area (Å²) in [5.41, 5.74) is 2.07. The highest BCUT2D eigenvalue weighted by molar-refractivity contribution is 8.03. The minimum Gasteiger partial charge on any atom is -0.465 e. The molecule has 0 saturated carbocycles. The van der Waals surface area contributed by atoms with Crippen LogP contribution in [0, 0.1) is 11.3 Å². The first-order valence-electron chi connectivity index (χ1n) is 9.22. The molecule has 7 nitrogen and oxygen atoms in total. The predicted molar refractivity (Wildman–Crippen MR) is 118 cm³/mol. The number of hydrogen-bond acceptors (Lipinski definition) is 6. The van der Waals surface area contributed by atoms with Crippen molar-refractivity contribution >= 4 is 46.8 Å². The van der Waals surface area contributed by atoms with Crippen LogP contribution in [0.15, 0.2) is 59.1 Å². The molecule has 31 heavy (non-hydrogen) atoms. The number of esters is 1. The van der Waals surface area contributed by atoms with E-state index in [0.29, 0.717) is 26.9 Å². The molecule has 1 aliphatic heterocycles. The van der Waals surface area contributed by atoms with E-state index in [1.165, 1.54) is 7.11 Å². The van der Waals surface area contributed by atoms with Crippen molar-refractivity contribution in [3.63, 3.8) is 0 Å². The van der Waals surface area contributed by atoms with Crippen molar-refractivity contribution < 1.29 is 19.1 Å². The first-order valence-corrected chi connectivity index (χ1v) is 10.6. The van der Waals surface area contributed by atoms with Crippen LogP contribution in [0.3, 0.4) is 0 Å². The third-order valence-corrected chi connectivity index (χ3v) is 5.83. The summed E-state index contributed by atoms with van der Waals surface area (Å²) in [6, 6.07) is 15.4. The lowest BCUT2D eigenvalue weighted by atomic mass is 9.87. The van der Waals surface area contributed by atoms with E-state index >= 15 is 0 Å². The number of carbonyl (C=O) groups is 3. The molecule has 1 atom stereocenters. The number of allylic oxidation sites excluding steroid dienone is 1. The SMILES string of the molecule is COC(=O)c1ccc([C@@H]2CC(=O)NC(SCC(=O)Nc3ccc(Cl)cc3)=C2C#N)cc1. The smallest absolute Gasteiger partial charge is 0.337 e. The first-order chi connectivity index (χ1) is 14.9. The predicted octanol–water partition coefficient (Wildman–Crippen LogP) is 3.84. The summed E-state index contributed by atoms with van der Waals surface area (Å²) in [5.74, 6) is -1.45. The van der Waals surface area contributed by atoms with E-state index in [-0.39, 0.29) is 24.0 Å². The van der Waals surface area contributed by atoms with Crippen LogP contribution in [0.4, 0.5) is 5.69 Å². The van der Waals surface area contributed by atoms with Crippen LogP contribution in [0.5, 0.6) is 0 Å². The average molecular weight is 456 g/mol. The van der Waals surface area contributed by atoms with E-state index in [1.54, 1.807) is 48.5 Å². The Bertz CT molecular complexity index is 1080. The van der Waals surface area contributed by atoms with Crippen molar-refractivity contribution in [3.05, 3.63) is 75.3 Å². The molecule has 0 unspecified atom stereocenters. The van der Waals surface area contributed by atoms with Gasteiger partial charge in [0.15, 0.2) is 0 Å². The van der Waals surface area contributed by atoms with Gasteiger partial charge in [0.2, 0.25) is 11.8 Å². The number of nitriles is 1. The van der Waals surface area contributed by atoms with Crippen molar-refractivity contribution in [1.29, 1.82) is 5.26 Å². The Hall–Kier alpha value is -3.28. The van der Waals surface area contributed by atoms with Crippen LogP contribution in [0.1, 0.15) is 28.3 Å². The second-order valence-corrected chi connectivity index (χ2v) is 8.04. The molecule has 2 aromatic carbocycles. The summed E-state index contributed by atoms with van der Waals surface area (Å²) in [6.45, 7) is 0. The lowest BCUT2D eigenvalue weighted by Gasteiger charge is -2.25. The lowest BCUT2D eigenvalue weighted by Crippen LogP contribution is -2.31. The largest absolute Gasteiger partial charge is 0.465 e. The zero-order valence-electron chi connectivity index (χ0n) is 16.5. The Labute approximate surface area is 188 Å². The maximum atomic E-state index is 12.3. The number of hydrogen-bond donors (Lipinski definition) is 2. The molecule has 0 fully saturated rings. The van der Waals surface area contributed by atoms with E-state index in [9.17, 15) is 19.6 Å². The van der Waals surface area contributed by atoms with Gasteiger partial charge >= 0.3 is 5.97 Å². The van der Waals surface area contributed by atoms with E-state index in [4.69, 9.17) is 11.6 Å². The summed E-state index contributed by atoms with van der Waals surface area (Å²) in [5, 5.41) is 16.1. The van der Waals surface area contributed by atoms with Gasteiger partial charge in [-0.05, 0) is 42.0 Å². The van der Waals surface area contributed by atoms with Gasteiger partial charge < -0.3 is 15.4 Å². The fourth-order valence-corrected chi connectivity index (χ4v) is 4.06. The van der Waals surface area contributed by atoms with E-state index in [1.807, 2.05) is 0 Å². The van der Waals surface area contributed by atoms with E-state index in [0.717, 1.165) is 17.3 Å². The Morgan fingerprint density at radius 3 is 2.52 bits per heavy atom. The number of carbonyl (C=O) groups excluding carboxylic acids is 3. The van der Waals surface area contributed by atoms with Gasteiger partial charge in [-0.3, -0.25) is 9.59 Å². The maximum Gasteiger partial charge on any atom is 0.337 e. The van der Waals surface area contributed by atoms with Gasteiger partial charge in [-0.15, -0.1) is 0 Å². The van der Waals surface area contributed by atoms with Crippen molar-refractivity contribution in [2.45, 2.75) is 12.3 Å². The van der Waals surface area contributed by atoms with Crippen LogP contribution in [-0.2, 0) is 14.3 Å². The van der Waals surface area contributed by atoms with E-state index < -0.39 is 11.9 Å². The fourth-order valence-electron chi connectivity index (χ4n) is 3.06. The quantitative estimate of drug-likeness (QED) is 0.640. The van der Waals surface area contributed by atoms with Gasteiger partial charge in [0.1, 0.15) is 0 Å². The summed E-state index contributed by atoms with van der Waals surface area (Å²) in [4.78, 5) is 36.2. The first kappa shape index (κ1) is 22.4. The van der Waals surface area contributed by atoms with Gasteiger partial charge in [-0.1, -0.05) is 35.5 Å². The standard InChI is InChI=1S/C22H18ClN3O4S/c1-30-22(29)14-4-2-13(3-5-14)17-10-19(27)26-21(18(17)11-24)31-12-20(28)25-16-8-6-15(23)7-9-16/h2-9,17H,10,12H2,1H3,(H,25,28)(H,26,27)/t17-/m0/s1. The third kappa shape index (κ3) is 5.66. The minimum absolute atomic E-state index is 0.0113. The molecule has 158 valence electrons. The normalized spacial score (nSPS) is 15.6. The number of benzene rings is 2. The molecule has 0 saturated heterocycles. The van der Waals surface area contributed by atoms with Crippen molar-refractivity contribution in [2.75, 3.05) is 18.2 Å². The molecule has 9 heteroatoms. The highest BCUT2D eigenvalue weighted by Gasteiger charge is 2.30. The van der Waals surface area contributed by atoms with Crippen LogP contribution >= 0.6 is 23.4 Å². The van der Waals surface area contributed by atoms with Crippen LogP contribution in [-0.4, -0.2) is 30.6 Å². The molecule has 2 aromatic rings. The zero-order chi connectivity index (χ0) is 22.4. The Morgan fingerprint density at radius 2 is 1.90 bits per heavy atom. The molecule has 0 aromatic heterocycles. The van der Waals surface area contributed by atoms with Crippen LogP contribution in [0.25, 0.3) is 0 Å². The molecule has 1 heterocycles. The Kier molecular flexibility index (Phi) is 7.34. The van der Waals surface area contributed by atoms with Crippen molar-refractivity contribution in [3.8, 4) is 6.07 Å². The Balaban J connectivity index is 1.74. The van der Waals surface area contributed by atoms with Gasteiger partial charge in [-0.2, -0.15) is 5.26 Å². The number of nitrogens with one attached hydrogen (secondary N) is 2. The summed E-state index contributed by atoms with van der Waals surface area (Å²) in [7, 11) is 1.30. The highest BCUT2D eigenvalue weighted by Crippen LogP contribution is 2.36. The van der Waals surface area contributed by atoms with Gasteiger partial charge in [0.25, 0.3) is 0 Å². The molecule has 3 rings (SSSR count). The van der Waals surface area contributed by atoms with Crippen LogP contribution in [0.2, 0.25) is 5.02 Å². The molecule has 0 aliphatic carbocycles. The van der Waals surface area contributed by atoms with Gasteiger partial charge in [0, 0.05) is 23.0 Å². The molecule has 1 aliphatic rings. The zero-order valence-corrected chi connectivity index (χ0v) is 18.0. The highest BCUT2D eigenvalue weighted by atomic mass is 35.5. The number of methoxy groups -OCH3 is 1. The minimum atomic E-state index is -0.466. The molecule has 0 spiro atoms. The molecular formula is C22H18ClN3O4S. The molecule has 0 radical (unpaired) electrons. The number of thioether (sulfide) groups is 1. The number of amides is 2. The number of rotatable bonds is 6. The van der Waals surface area contributed by atoms with E-state index in [2.05, 4.69) is 21.4 Å². The summed E-state index contributed by atoms with van der Waals surface area (Å²) in [6.07, 6.45) is 0.0987. The van der Waals surface area contributed by atoms with Crippen molar-refractivity contribution in [2.24, 2.45) is 0 Å². The summed E-state index contributed by atoms with van der Waals surface area (Å²) < 4.78 is 4.69. The van der Waals surface area contributed by atoms with Gasteiger partial charge in [-0.25, -0.2) is 4.79 Å². The number of ether oxygens (including phenoxy) is 1. The number of nitrogens with zero attached hydrogens (tertiary/aromatic N) is 1. The second-order valence-electron chi connectivity index (χ2n) is 6.62. The number of halogens is 1. The topological polar surface area (TPSA) is 108 Å². The monoisotopic (exact) mass is 455 g/mol. The molecular weight excluding hydrogens is 438 g/mol. The Morgan fingerprint density at radius 1 is 1.23 bits per heavy atom. The second kappa shape index (κ2) is 10.2. The average Bonchev–Trinajstić information content (AvgIpc) is 2.78. The summed E-state index contributed by atoms with van der Waals surface area (Å²) >= 11 is 6.92. The molecule has 2 N–H and O–H groups in total.